The van der Waals surface area contributed by atoms with Gasteiger partial charge in [0.2, 0.25) is 11.9 Å². The molecule has 0 aliphatic carbocycles. The van der Waals surface area contributed by atoms with Gasteiger partial charge in [-0.1, -0.05) is 12.1 Å². The van der Waals surface area contributed by atoms with Crippen LogP contribution >= 0.6 is 0 Å². The summed E-state index contributed by atoms with van der Waals surface area (Å²) in [4.78, 5) is 42.4. The summed E-state index contributed by atoms with van der Waals surface area (Å²) in [5, 5.41) is 4.86. The van der Waals surface area contributed by atoms with Crippen molar-refractivity contribution < 1.29 is 14.4 Å². The van der Waals surface area contributed by atoms with Crippen molar-refractivity contribution in [2.75, 3.05) is 18.4 Å². The number of benzene rings is 1. The average molecular weight is 273 g/mol. The Labute approximate surface area is 113 Å². The first-order valence-corrected chi connectivity index (χ1v) is 5.96. The van der Waals surface area contributed by atoms with Gasteiger partial charge in [0, 0.05) is 0 Å². The number of aromatic nitrogens is 2. The zero-order valence-corrected chi connectivity index (χ0v) is 10.3. The van der Waals surface area contributed by atoms with Crippen molar-refractivity contribution in [1.82, 2.24) is 20.2 Å². The third-order valence-corrected chi connectivity index (χ3v) is 2.89. The summed E-state index contributed by atoms with van der Waals surface area (Å²) in [6.07, 6.45) is 0. The normalized spacial score (nSPS) is 14.7. The Balaban J connectivity index is 1.69. The van der Waals surface area contributed by atoms with Crippen LogP contribution in [0.2, 0.25) is 0 Å². The highest BCUT2D eigenvalue weighted by atomic mass is 16.2. The second kappa shape index (κ2) is 4.65. The Morgan fingerprint density at radius 2 is 2.15 bits per heavy atom. The van der Waals surface area contributed by atoms with Crippen LogP contribution in [0.1, 0.15) is 0 Å². The molecule has 1 aromatic heterocycles. The summed E-state index contributed by atoms with van der Waals surface area (Å²) >= 11 is 0. The number of aromatic amines is 1. The van der Waals surface area contributed by atoms with Crippen molar-refractivity contribution in [1.29, 1.82) is 0 Å². The van der Waals surface area contributed by atoms with Crippen molar-refractivity contribution in [3.05, 3.63) is 24.3 Å². The molecule has 0 saturated carbocycles. The molecule has 4 amide bonds. The van der Waals surface area contributed by atoms with Crippen molar-refractivity contribution in [2.24, 2.45) is 0 Å². The minimum atomic E-state index is -0.560. The lowest BCUT2D eigenvalue weighted by Gasteiger charge is -2.10. The van der Waals surface area contributed by atoms with Crippen molar-refractivity contribution in [3.8, 4) is 0 Å². The topological polar surface area (TPSA) is 107 Å². The van der Waals surface area contributed by atoms with Gasteiger partial charge in [0.25, 0.3) is 5.91 Å². The number of hydrogen-bond donors (Lipinski definition) is 3. The molecular formula is C12H11N5O3. The van der Waals surface area contributed by atoms with Crippen LogP contribution in [-0.2, 0) is 9.59 Å². The van der Waals surface area contributed by atoms with Crippen LogP contribution in [0.25, 0.3) is 11.0 Å². The average Bonchev–Trinajstić information content (AvgIpc) is 2.96. The zero-order chi connectivity index (χ0) is 14.1. The fraction of sp³-hybridized carbons (Fsp3) is 0.167. The van der Waals surface area contributed by atoms with Crippen LogP contribution in [0.4, 0.5) is 10.7 Å². The molecular weight excluding hydrogens is 262 g/mol. The Morgan fingerprint density at radius 3 is 2.85 bits per heavy atom. The Morgan fingerprint density at radius 1 is 1.35 bits per heavy atom. The van der Waals surface area contributed by atoms with Crippen molar-refractivity contribution in [3.63, 3.8) is 0 Å². The number of anilines is 1. The molecule has 1 aromatic carbocycles. The summed E-state index contributed by atoms with van der Waals surface area (Å²) in [5.74, 6) is -0.632. The molecule has 8 heteroatoms. The highest BCUT2D eigenvalue weighted by Gasteiger charge is 2.30. The minimum absolute atomic E-state index is 0.0727. The van der Waals surface area contributed by atoms with E-state index in [0.29, 0.717) is 0 Å². The Kier molecular flexibility index (Phi) is 2.82. The molecule has 8 nitrogen and oxygen atoms in total. The fourth-order valence-electron chi connectivity index (χ4n) is 1.94. The molecule has 1 aliphatic heterocycles. The third kappa shape index (κ3) is 2.18. The number of carbonyl (C=O) groups is 3. The fourth-order valence-corrected chi connectivity index (χ4v) is 1.94. The number of carbonyl (C=O) groups excluding carboxylic acids is 3. The van der Waals surface area contributed by atoms with E-state index in [9.17, 15) is 14.4 Å². The molecule has 1 fully saturated rings. The Bertz CT molecular complexity index is 659. The number of imide groups is 1. The number of amides is 4. The van der Waals surface area contributed by atoms with Gasteiger partial charge in [0.1, 0.15) is 6.54 Å². The van der Waals surface area contributed by atoms with Gasteiger partial charge in [0.05, 0.1) is 17.6 Å². The number of nitrogens with zero attached hydrogens (tertiary/aromatic N) is 2. The molecule has 102 valence electrons. The first-order valence-electron chi connectivity index (χ1n) is 5.96. The van der Waals surface area contributed by atoms with Gasteiger partial charge in [-0.2, -0.15) is 0 Å². The molecule has 0 radical (unpaired) electrons. The predicted molar refractivity (Wildman–Crippen MR) is 69.8 cm³/mol. The van der Waals surface area contributed by atoms with E-state index in [0.717, 1.165) is 15.9 Å². The maximum Gasteiger partial charge on any atom is 0.325 e. The minimum Gasteiger partial charge on any atom is -0.329 e. The number of para-hydroxylation sites is 2. The molecule has 2 heterocycles. The summed E-state index contributed by atoms with van der Waals surface area (Å²) in [5.41, 5.74) is 1.51. The highest BCUT2D eigenvalue weighted by Crippen LogP contribution is 2.13. The van der Waals surface area contributed by atoms with Gasteiger partial charge >= 0.3 is 6.03 Å². The summed E-state index contributed by atoms with van der Waals surface area (Å²) in [6, 6.07) is 6.75. The molecule has 20 heavy (non-hydrogen) atoms. The summed E-state index contributed by atoms with van der Waals surface area (Å²) in [6.45, 7) is -0.404. The molecule has 1 aliphatic rings. The number of imidazole rings is 1. The Hall–Kier alpha value is -2.90. The van der Waals surface area contributed by atoms with Gasteiger partial charge in [-0.05, 0) is 12.1 Å². The van der Waals surface area contributed by atoms with E-state index in [-0.39, 0.29) is 19.0 Å². The molecule has 1 saturated heterocycles. The molecule has 0 bridgehead atoms. The van der Waals surface area contributed by atoms with E-state index in [2.05, 4.69) is 20.6 Å². The van der Waals surface area contributed by atoms with E-state index < -0.39 is 17.8 Å². The number of urea groups is 1. The molecule has 2 aromatic rings. The maximum atomic E-state index is 11.8. The number of nitrogens with one attached hydrogen (secondary N) is 3. The first kappa shape index (κ1) is 12.2. The molecule has 0 unspecified atom stereocenters. The van der Waals surface area contributed by atoms with Crippen LogP contribution < -0.4 is 10.6 Å². The quantitative estimate of drug-likeness (QED) is 0.687. The van der Waals surface area contributed by atoms with E-state index in [1.807, 2.05) is 18.2 Å². The molecule has 0 atom stereocenters. The van der Waals surface area contributed by atoms with Crippen LogP contribution in [-0.4, -0.2) is 45.8 Å². The summed E-state index contributed by atoms with van der Waals surface area (Å²) in [7, 11) is 0. The van der Waals surface area contributed by atoms with Crippen LogP contribution in [0, 0.1) is 0 Å². The van der Waals surface area contributed by atoms with Crippen LogP contribution in [0.15, 0.2) is 24.3 Å². The van der Waals surface area contributed by atoms with Crippen molar-refractivity contribution >= 4 is 34.8 Å². The van der Waals surface area contributed by atoms with Gasteiger partial charge in [-0.15, -0.1) is 0 Å². The van der Waals surface area contributed by atoms with Crippen molar-refractivity contribution in [2.45, 2.75) is 0 Å². The third-order valence-electron chi connectivity index (χ3n) is 2.89. The molecule has 0 spiro atoms. The predicted octanol–water partition coefficient (Wildman–Crippen LogP) is 0.0532. The van der Waals surface area contributed by atoms with Crippen LogP contribution in [0.5, 0.6) is 0 Å². The first-order chi connectivity index (χ1) is 9.63. The second-order valence-corrected chi connectivity index (χ2v) is 4.29. The number of hydrogen-bond acceptors (Lipinski definition) is 4. The van der Waals surface area contributed by atoms with E-state index in [4.69, 9.17) is 0 Å². The second-order valence-electron chi connectivity index (χ2n) is 4.29. The van der Waals surface area contributed by atoms with Gasteiger partial charge in [-0.25, -0.2) is 9.78 Å². The highest BCUT2D eigenvalue weighted by molar-refractivity contribution is 6.06. The smallest absolute Gasteiger partial charge is 0.325 e. The lowest BCUT2D eigenvalue weighted by Crippen LogP contribution is -2.38. The lowest BCUT2D eigenvalue weighted by atomic mass is 10.3. The molecule has 3 N–H and O–H groups in total. The SMILES string of the molecule is O=C(CN1C(=O)CNC1=O)Nc1nc2ccccc2[nH]1. The number of H-pyrrole nitrogens is 1. The largest absolute Gasteiger partial charge is 0.329 e. The van der Waals surface area contributed by atoms with Gasteiger partial charge in [0.15, 0.2) is 0 Å². The zero-order valence-electron chi connectivity index (χ0n) is 10.3. The monoisotopic (exact) mass is 273 g/mol. The van der Waals surface area contributed by atoms with E-state index >= 15 is 0 Å². The summed E-state index contributed by atoms with van der Waals surface area (Å²) < 4.78 is 0. The lowest BCUT2D eigenvalue weighted by molar-refractivity contribution is -0.128. The maximum absolute atomic E-state index is 11.8. The van der Waals surface area contributed by atoms with Gasteiger partial charge < -0.3 is 10.3 Å². The van der Waals surface area contributed by atoms with Gasteiger partial charge in [-0.3, -0.25) is 19.8 Å². The van der Waals surface area contributed by atoms with E-state index in [1.165, 1.54) is 0 Å². The number of rotatable bonds is 3. The standard InChI is InChI=1S/C12H11N5O3/c18-9(6-17-10(19)5-13-12(17)20)16-11-14-7-3-1-2-4-8(7)15-11/h1-4H,5-6H2,(H,13,20)(H2,14,15,16,18). The van der Waals surface area contributed by atoms with E-state index in [1.54, 1.807) is 6.07 Å². The molecule has 3 rings (SSSR count). The van der Waals surface area contributed by atoms with Crippen LogP contribution in [0.3, 0.4) is 0 Å². The number of fused-ring (bicyclic) bond motifs is 1.